The van der Waals surface area contributed by atoms with Gasteiger partial charge in [0.05, 0.1) is 11.4 Å². The van der Waals surface area contributed by atoms with E-state index in [4.69, 9.17) is 0 Å². The molecule has 0 aromatic heterocycles. The third-order valence-electron chi connectivity index (χ3n) is 2.98. The second-order valence-electron chi connectivity index (χ2n) is 4.09. The molecule has 0 bridgehead atoms. The number of rotatable bonds is 2. The lowest BCUT2D eigenvalue weighted by molar-refractivity contribution is -0.108. The summed E-state index contributed by atoms with van der Waals surface area (Å²) < 4.78 is 1.02. The quantitative estimate of drug-likeness (QED) is 0.861. The van der Waals surface area contributed by atoms with E-state index in [2.05, 4.69) is 21.2 Å². The van der Waals surface area contributed by atoms with Gasteiger partial charge in [-0.2, -0.15) is 0 Å². The summed E-state index contributed by atoms with van der Waals surface area (Å²) >= 11 is 3.41. The summed E-state index contributed by atoms with van der Waals surface area (Å²) in [5.41, 5.74) is 3.00. The summed E-state index contributed by atoms with van der Waals surface area (Å²) in [6.07, 6.45) is 0.575. The molecule has 0 saturated carbocycles. The van der Waals surface area contributed by atoms with Crippen LogP contribution in [-0.4, -0.2) is 12.5 Å². The van der Waals surface area contributed by atoms with E-state index < -0.39 is 0 Å². The molecule has 1 unspecified atom stereocenters. The number of fused-ring (bicyclic) bond motifs is 1. The molecule has 2 aromatic rings. The average molecular weight is 303 g/mol. The van der Waals surface area contributed by atoms with E-state index >= 15 is 0 Å². The van der Waals surface area contributed by atoms with Crippen molar-refractivity contribution in [1.29, 1.82) is 0 Å². The van der Waals surface area contributed by atoms with E-state index in [1.54, 1.807) is 0 Å². The zero-order chi connectivity index (χ0) is 12.5. The van der Waals surface area contributed by atoms with E-state index in [0.29, 0.717) is 0 Å². The number of hydrogen-bond donors (Lipinski definition) is 1. The molecule has 0 radical (unpaired) electrons. The molecule has 18 heavy (non-hydrogen) atoms. The zero-order valence-corrected chi connectivity index (χ0v) is 11.1. The molecule has 4 heteroatoms. The number of para-hydroxylation sites is 2. The molecule has 0 spiro atoms. The monoisotopic (exact) mass is 302 g/mol. The average Bonchev–Trinajstić information content (AvgIpc) is 2.78. The minimum Gasteiger partial charge on any atom is -0.357 e. The highest BCUT2D eigenvalue weighted by Crippen LogP contribution is 2.39. The van der Waals surface area contributed by atoms with Gasteiger partial charge in [0.1, 0.15) is 0 Å². The summed E-state index contributed by atoms with van der Waals surface area (Å²) in [5.74, 6) is 0. The third kappa shape index (κ3) is 1.78. The van der Waals surface area contributed by atoms with Crippen molar-refractivity contribution in [1.82, 2.24) is 0 Å². The van der Waals surface area contributed by atoms with Crippen LogP contribution in [0.4, 0.5) is 17.1 Å². The molecular formula is C14H11BrN2O. The van der Waals surface area contributed by atoms with Crippen molar-refractivity contribution >= 4 is 39.3 Å². The second kappa shape index (κ2) is 4.46. The van der Waals surface area contributed by atoms with Crippen molar-refractivity contribution in [3.05, 3.63) is 53.0 Å². The molecule has 2 aromatic carbocycles. The molecule has 1 heterocycles. The Bertz CT molecular complexity index is 583. The topological polar surface area (TPSA) is 32.3 Å². The molecule has 0 amide bonds. The number of nitrogens with zero attached hydrogens (tertiary/aromatic N) is 1. The normalized spacial score (nSPS) is 17.2. The first-order chi connectivity index (χ1) is 8.79. The summed E-state index contributed by atoms with van der Waals surface area (Å²) in [4.78, 5) is 13.2. The Morgan fingerprint density at radius 2 is 1.83 bits per heavy atom. The molecule has 3 nitrogen and oxygen atoms in total. The molecule has 1 N–H and O–H groups in total. The Hall–Kier alpha value is -1.81. The first kappa shape index (κ1) is 11.3. The molecule has 0 aliphatic carbocycles. The van der Waals surface area contributed by atoms with E-state index in [-0.39, 0.29) is 6.17 Å². The van der Waals surface area contributed by atoms with Crippen LogP contribution in [0.15, 0.2) is 53.0 Å². The van der Waals surface area contributed by atoms with Crippen molar-refractivity contribution < 1.29 is 4.79 Å². The van der Waals surface area contributed by atoms with Crippen LogP contribution < -0.4 is 10.2 Å². The van der Waals surface area contributed by atoms with Crippen molar-refractivity contribution in [3.8, 4) is 0 Å². The predicted molar refractivity (Wildman–Crippen MR) is 76.2 cm³/mol. The van der Waals surface area contributed by atoms with Gasteiger partial charge in [-0.3, -0.25) is 4.79 Å². The minimum absolute atomic E-state index is 0.344. The summed E-state index contributed by atoms with van der Waals surface area (Å²) in [6, 6.07) is 15.8. The van der Waals surface area contributed by atoms with Crippen molar-refractivity contribution in [2.75, 3.05) is 10.2 Å². The summed E-state index contributed by atoms with van der Waals surface area (Å²) in [6.45, 7) is 0. The Labute approximate surface area is 114 Å². The first-order valence-electron chi connectivity index (χ1n) is 5.65. The fraction of sp³-hybridized carbons (Fsp3) is 0.0714. The SMILES string of the molecule is O=CC1Nc2ccccc2N1c1ccc(Br)cc1. The molecule has 0 fully saturated rings. The van der Waals surface area contributed by atoms with Crippen LogP contribution in [0.3, 0.4) is 0 Å². The van der Waals surface area contributed by atoms with Crippen LogP contribution in [0.25, 0.3) is 0 Å². The van der Waals surface area contributed by atoms with Crippen LogP contribution in [0.2, 0.25) is 0 Å². The number of hydrogen-bond acceptors (Lipinski definition) is 3. The van der Waals surface area contributed by atoms with Crippen LogP contribution in [0.5, 0.6) is 0 Å². The van der Waals surface area contributed by atoms with Gasteiger partial charge in [-0.1, -0.05) is 28.1 Å². The van der Waals surface area contributed by atoms with Gasteiger partial charge in [0.25, 0.3) is 0 Å². The van der Waals surface area contributed by atoms with E-state index in [9.17, 15) is 4.79 Å². The molecule has 1 aliphatic rings. The number of carbonyl (C=O) groups excluding carboxylic acids is 1. The minimum atomic E-state index is -0.344. The standard InChI is InChI=1S/C14H11BrN2O/c15-10-5-7-11(8-6-10)17-13-4-2-1-3-12(13)16-14(17)9-18/h1-9,14,16H. The number of benzene rings is 2. The Kier molecular flexibility index (Phi) is 2.80. The molecule has 1 aliphatic heterocycles. The van der Waals surface area contributed by atoms with Gasteiger partial charge in [0.2, 0.25) is 0 Å². The van der Waals surface area contributed by atoms with Gasteiger partial charge in [-0.15, -0.1) is 0 Å². The van der Waals surface area contributed by atoms with Gasteiger partial charge in [-0.05, 0) is 36.4 Å². The first-order valence-corrected chi connectivity index (χ1v) is 6.44. The maximum Gasteiger partial charge on any atom is 0.163 e. The number of carbonyl (C=O) groups is 1. The van der Waals surface area contributed by atoms with Gasteiger partial charge < -0.3 is 10.2 Å². The van der Waals surface area contributed by atoms with Gasteiger partial charge >= 0.3 is 0 Å². The maximum absolute atomic E-state index is 11.2. The zero-order valence-electron chi connectivity index (χ0n) is 9.51. The molecule has 0 saturated heterocycles. The van der Waals surface area contributed by atoms with E-state index in [0.717, 1.165) is 27.8 Å². The van der Waals surface area contributed by atoms with Crippen LogP contribution in [0, 0.1) is 0 Å². The Balaban J connectivity index is 2.08. The molecule has 90 valence electrons. The molecular weight excluding hydrogens is 292 g/mol. The third-order valence-corrected chi connectivity index (χ3v) is 3.51. The predicted octanol–water partition coefficient (Wildman–Crippen LogP) is 3.54. The lowest BCUT2D eigenvalue weighted by Crippen LogP contribution is -2.33. The van der Waals surface area contributed by atoms with Crippen molar-refractivity contribution in [2.45, 2.75) is 6.17 Å². The lowest BCUT2D eigenvalue weighted by Gasteiger charge is -2.22. The number of nitrogens with one attached hydrogen (secondary N) is 1. The highest BCUT2D eigenvalue weighted by molar-refractivity contribution is 9.10. The largest absolute Gasteiger partial charge is 0.357 e. The fourth-order valence-corrected chi connectivity index (χ4v) is 2.44. The molecule has 3 rings (SSSR count). The highest BCUT2D eigenvalue weighted by Gasteiger charge is 2.28. The second-order valence-corrected chi connectivity index (χ2v) is 5.00. The van der Waals surface area contributed by atoms with Crippen LogP contribution in [-0.2, 0) is 4.79 Å². The Morgan fingerprint density at radius 1 is 1.11 bits per heavy atom. The van der Waals surface area contributed by atoms with Crippen molar-refractivity contribution in [3.63, 3.8) is 0 Å². The van der Waals surface area contributed by atoms with Gasteiger partial charge in [0, 0.05) is 10.2 Å². The maximum atomic E-state index is 11.2. The number of aldehydes is 1. The lowest BCUT2D eigenvalue weighted by atomic mass is 10.2. The van der Waals surface area contributed by atoms with Gasteiger partial charge in [0.15, 0.2) is 12.5 Å². The number of anilines is 3. The summed E-state index contributed by atoms with van der Waals surface area (Å²) in [5, 5.41) is 3.19. The van der Waals surface area contributed by atoms with Crippen LogP contribution in [0.1, 0.15) is 0 Å². The molecule has 1 atom stereocenters. The smallest absolute Gasteiger partial charge is 0.163 e. The van der Waals surface area contributed by atoms with Gasteiger partial charge in [-0.25, -0.2) is 0 Å². The van der Waals surface area contributed by atoms with E-state index in [1.807, 2.05) is 53.4 Å². The van der Waals surface area contributed by atoms with Crippen LogP contribution >= 0.6 is 15.9 Å². The number of halogens is 1. The van der Waals surface area contributed by atoms with E-state index in [1.165, 1.54) is 0 Å². The summed E-state index contributed by atoms with van der Waals surface area (Å²) in [7, 11) is 0. The fourth-order valence-electron chi connectivity index (χ4n) is 2.18. The Morgan fingerprint density at radius 3 is 2.56 bits per heavy atom. The highest BCUT2D eigenvalue weighted by atomic mass is 79.9. The van der Waals surface area contributed by atoms with Crippen molar-refractivity contribution in [2.24, 2.45) is 0 Å².